The van der Waals surface area contributed by atoms with Crippen molar-refractivity contribution < 1.29 is 0 Å². The van der Waals surface area contributed by atoms with Gasteiger partial charge in [-0.2, -0.15) is 9.78 Å². The maximum atomic E-state index is 6.05. The fourth-order valence-corrected chi connectivity index (χ4v) is 3.30. The van der Waals surface area contributed by atoms with Crippen LogP contribution in [0.1, 0.15) is 11.3 Å². The first-order valence-corrected chi connectivity index (χ1v) is 6.63. The van der Waals surface area contributed by atoms with Crippen molar-refractivity contribution in [3.05, 3.63) is 34.5 Å². The Bertz CT molecular complexity index is 744. The van der Waals surface area contributed by atoms with Crippen molar-refractivity contribution in [2.75, 3.05) is 5.73 Å². The molecule has 0 unspecified atom stereocenters. The summed E-state index contributed by atoms with van der Waals surface area (Å²) in [5.74, 6) is 0.593. The molecule has 0 radical (unpaired) electrons. The zero-order valence-electron chi connectivity index (χ0n) is 9.94. The summed E-state index contributed by atoms with van der Waals surface area (Å²) in [6.07, 6.45) is 0. The van der Waals surface area contributed by atoms with Gasteiger partial charge in [0.25, 0.3) is 0 Å². The fraction of sp³-hybridized carbons (Fsp3) is 0.167. The summed E-state index contributed by atoms with van der Waals surface area (Å²) in [6.45, 7) is 3.90. The Morgan fingerprint density at radius 1 is 1.28 bits per heavy atom. The lowest BCUT2D eigenvalue weighted by Crippen LogP contribution is -2.00. The van der Waals surface area contributed by atoms with Gasteiger partial charge in [-0.05, 0) is 31.5 Å². The number of halogens is 1. The molecular weight excluding hydrogens is 268 g/mol. The molecule has 0 saturated carbocycles. The molecule has 0 bridgehead atoms. The molecule has 2 heterocycles. The minimum Gasteiger partial charge on any atom is -0.383 e. The summed E-state index contributed by atoms with van der Waals surface area (Å²) >= 11 is 7.58. The molecular formula is C12H11ClN4S. The monoisotopic (exact) mass is 278 g/mol. The number of hydrogen-bond donors (Lipinski definition) is 1. The molecule has 0 fully saturated rings. The number of aryl methyl sites for hydroxylation is 2. The standard InChI is InChI=1S/C12H11ClN4S/c1-6-3-8(13)5-9-11(6)15-12(18-9)17-10(14)4-7(2)16-17/h3-5H,14H2,1-2H3. The second-order valence-corrected chi connectivity index (χ2v) is 5.63. The molecule has 0 aliphatic carbocycles. The van der Waals surface area contributed by atoms with Crippen molar-refractivity contribution >= 4 is 39.0 Å². The Kier molecular flexibility index (Phi) is 2.53. The number of fused-ring (bicyclic) bond motifs is 1. The Morgan fingerprint density at radius 2 is 2.06 bits per heavy atom. The van der Waals surface area contributed by atoms with Crippen LogP contribution in [0.15, 0.2) is 18.2 Å². The second kappa shape index (κ2) is 3.96. The molecule has 92 valence electrons. The van der Waals surface area contributed by atoms with Gasteiger partial charge in [0.1, 0.15) is 5.82 Å². The number of rotatable bonds is 1. The molecule has 3 aromatic rings. The van der Waals surface area contributed by atoms with Crippen LogP contribution in [0.3, 0.4) is 0 Å². The van der Waals surface area contributed by atoms with Gasteiger partial charge >= 0.3 is 0 Å². The van der Waals surface area contributed by atoms with Crippen molar-refractivity contribution in [1.82, 2.24) is 14.8 Å². The number of nitrogens with two attached hydrogens (primary N) is 1. The molecule has 1 aromatic carbocycles. The van der Waals surface area contributed by atoms with Crippen LogP contribution in [-0.4, -0.2) is 14.8 Å². The van der Waals surface area contributed by atoms with Crippen molar-refractivity contribution in [2.45, 2.75) is 13.8 Å². The third-order valence-electron chi connectivity index (χ3n) is 2.68. The average molecular weight is 279 g/mol. The molecule has 0 aliphatic heterocycles. The van der Waals surface area contributed by atoms with E-state index in [0.717, 1.165) is 31.6 Å². The van der Waals surface area contributed by atoms with Gasteiger partial charge in [-0.25, -0.2) is 4.98 Å². The molecule has 18 heavy (non-hydrogen) atoms. The maximum Gasteiger partial charge on any atom is 0.213 e. The maximum absolute atomic E-state index is 6.05. The van der Waals surface area contributed by atoms with Gasteiger partial charge in [-0.1, -0.05) is 22.9 Å². The van der Waals surface area contributed by atoms with E-state index in [1.54, 1.807) is 4.68 Å². The van der Waals surface area contributed by atoms with E-state index in [9.17, 15) is 0 Å². The van der Waals surface area contributed by atoms with Crippen LogP contribution in [0.4, 0.5) is 5.82 Å². The van der Waals surface area contributed by atoms with E-state index in [1.807, 2.05) is 32.0 Å². The van der Waals surface area contributed by atoms with Crippen LogP contribution in [0.5, 0.6) is 0 Å². The first kappa shape index (κ1) is 11.5. The summed E-state index contributed by atoms with van der Waals surface area (Å²) in [5, 5.41) is 5.82. The third-order valence-corrected chi connectivity index (χ3v) is 3.88. The number of anilines is 1. The van der Waals surface area contributed by atoms with Gasteiger partial charge in [-0.15, -0.1) is 0 Å². The molecule has 0 aliphatic rings. The fourth-order valence-electron chi connectivity index (χ4n) is 1.91. The molecule has 0 atom stereocenters. The molecule has 3 rings (SSSR count). The molecule has 0 spiro atoms. The number of nitrogens with zero attached hydrogens (tertiary/aromatic N) is 3. The van der Waals surface area contributed by atoms with E-state index < -0.39 is 0 Å². The number of thiazole rings is 1. The van der Waals surface area contributed by atoms with Crippen molar-refractivity contribution in [2.24, 2.45) is 0 Å². The van der Waals surface area contributed by atoms with Crippen LogP contribution < -0.4 is 5.73 Å². The minimum absolute atomic E-state index is 0.593. The highest BCUT2D eigenvalue weighted by Gasteiger charge is 2.12. The van der Waals surface area contributed by atoms with Crippen LogP contribution >= 0.6 is 22.9 Å². The summed E-state index contributed by atoms with van der Waals surface area (Å²) < 4.78 is 2.70. The Labute approximate surface area is 113 Å². The first-order valence-electron chi connectivity index (χ1n) is 5.44. The highest BCUT2D eigenvalue weighted by molar-refractivity contribution is 7.20. The first-order chi connectivity index (χ1) is 8.54. The predicted octanol–water partition coefficient (Wildman–Crippen LogP) is 3.33. The summed E-state index contributed by atoms with van der Waals surface area (Å²) in [4.78, 5) is 4.58. The van der Waals surface area contributed by atoms with Crippen molar-refractivity contribution in [3.63, 3.8) is 0 Å². The van der Waals surface area contributed by atoms with E-state index in [-0.39, 0.29) is 0 Å². The molecule has 6 heteroatoms. The average Bonchev–Trinajstić information content (AvgIpc) is 2.81. The zero-order valence-corrected chi connectivity index (χ0v) is 11.5. The molecule has 2 aromatic heterocycles. The van der Waals surface area contributed by atoms with E-state index >= 15 is 0 Å². The molecule has 2 N–H and O–H groups in total. The summed E-state index contributed by atoms with van der Waals surface area (Å²) in [6, 6.07) is 5.65. The lowest BCUT2D eigenvalue weighted by molar-refractivity contribution is 0.865. The number of hydrogen-bond acceptors (Lipinski definition) is 4. The number of aromatic nitrogens is 3. The van der Waals surface area contributed by atoms with Crippen molar-refractivity contribution in [3.8, 4) is 5.13 Å². The lowest BCUT2D eigenvalue weighted by atomic mass is 10.2. The van der Waals surface area contributed by atoms with Gasteiger partial charge in [0.05, 0.1) is 15.9 Å². The molecule has 0 amide bonds. The third kappa shape index (κ3) is 1.76. The normalized spacial score (nSPS) is 11.3. The SMILES string of the molecule is Cc1cc(N)n(-c2nc3c(C)cc(Cl)cc3s2)n1. The van der Waals surface area contributed by atoms with Gasteiger partial charge in [0.2, 0.25) is 5.13 Å². The van der Waals surface area contributed by atoms with E-state index in [2.05, 4.69) is 10.1 Å². The lowest BCUT2D eigenvalue weighted by Gasteiger charge is -1.96. The van der Waals surface area contributed by atoms with Gasteiger partial charge in [-0.3, -0.25) is 0 Å². The van der Waals surface area contributed by atoms with Crippen LogP contribution in [0, 0.1) is 13.8 Å². The highest BCUT2D eigenvalue weighted by atomic mass is 35.5. The van der Waals surface area contributed by atoms with E-state index in [4.69, 9.17) is 17.3 Å². The van der Waals surface area contributed by atoms with Crippen LogP contribution in [-0.2, 0) is 0 Å². The van der Waals surface area contributed by atoms with Crippen LogP contribution in [0.25, 0.3) is 15.3 Å². The Balaban J connectivity index is 2.25. The van der Waals surface area contributed by atoms with Gasteiger partial charge in [0, 0.05) is 11.1 Å². The van der Waals surface area contributed by atoms with E-state index in [1.165, 1.54) is 11.3 Å². The number of nitrogen functional groups attached to an aromatic ring is 1. The van der Waals surface area contributed by atoms with Gasteiger partial charge in [0.15, 0.2) is 0 Å². The Morgan fingerprint density at radius 3 is 2.72 bits per heavy atom. The van der Waals surface area contributed by atoms with E-state index in [0.29, 0.717) is 5.82 Å². The minimum atomic E-state index is 0.593. The predicted molar refractivity (Wildman–Crippen MR) is 75.6 cm³/mol. The second-order valence-electron chi connectivity index (χ2n) is 4.19. The topological polar surface area (TPSA) is 56.7 Å². The largest absolute Gasteiger partial charge is 0.383 e. The number of benzene rings is 1. The molecule has 4 nitrogen and oxygen atoms in total. The zero-order chi connectivity index (χ0) is 12.9. The summed E-state index contributed by atoms with van der Waals surface area (Å²) in [7, 11) is 0. The smallest absolute Gasteiger partial charge is 0.213 e. The Hall–Kier alpha value is -1.59. The quantitative estimate of drug-likeness (QED) is 0.743. The van der Waals surface area contributed by atoms with Crippen LogP contribution in [0.2, 0.25) is 5.02 Å². The summed E-state index contributed by atoms with van der Waals surface area (Å²) in [5.41, 5.74) is 8.79. The molecule has 0 saturated heterocycles. The van der Waals surface area contributed by atoms with Gasteiger partial charge < -0.3 is 5.73 Å². The highest BCUT2D eigenvalue weighted by Crippen LogP contribution is 2.30. The van der Waals surface area contributed by atoms with Crippen molar-refractivity contribution in [1.29, 1.82) is 0 Å².